The number of ether oxygens (including phenoxy) is 8. The Balaban J connectivity index is 0.000000326. The van der Waals surface area contributed by atoms with Gasteiger partial charge in [-0.3, -0.25) is 0 Å². The fourth-order valence-corrected chi connectivity index (χ4v) is 5.35. The summed E-state index contributed by atoms with van der Waals surface area (Å²) in [6, 6.07) is 14.3. The summed E-state index contributed by atoms with van der Waals surface area (Å²) in [7, 11) is 3.48. The molecule has 10 heteroatoms. The Morgan fingerprint density at radius 1 is 0.593 bits per heavy atom. The van der Waals surface area contributed by atoms with Crippen LogP contribution in [0.5, 0.6) is 0 Å². The van der Waals surface area contributed by atoms with Crippen molar-refractivity contribution in [2.45, 2.75) is 89.6 Å². The fourth-order valence-electron chi connectivity index (χ4n) is 5.35. The van der Waals surface area contributed by atoms with Gasteiger partial charge in [0, 0.05) is 27.4 Å². The van der Waals surface area contributed by atoms with Gasteiger partial charge in [-0.2, -0.15) is 0 Å². The van der Waals surface area contributed by atoms with Gasteiger partial charge in [0.2, 0.25) is 0 Å². The van der Waals surface area contributed by atoms with Crippen molar-refractivity contribution >= 4 is 11.9 Å². The van der Waals surface area contributed by atoms with Crippen molar-refractivity contribution in [1.29, 1.82) is 0 Å². The summed E-state index contributed by atoms with van der Waals surface area (Å²) in [4.78, 5) is 24.7. The summed E-state index contributed by atoms with van der Waals surface area (Å²) in [5.41, 5.74) is 3.10. The fraction of sp³-hybridized carbons (Fsp3) is 0.500. The maximum atomic E-state index is 12.4. The first-order valence-corrected chi connectivity index (χ1v) is 18.9. The molecule has 0 amide bonds. The molecular weight excluding hydrogens is 688 g/mol. The van der Waals surface area contributed by atoms with Gasteiger partial charge in [-0.15, -0.1) is 0 Å². The highest BCUT2D eigenvalue weighted by Crippen LogP contribution is 2.31. The van der Waals surface area contributed by atoms with Gasteiger partial charge in [-0.1, -0.05) is 73.5 Å². The molecule has 2 fully saturated rings. The number of carbonyl (C=O) groups excluding carboxylic acids is 2. The largest absolute Gasteiger partial charge is 0.501 e. The van der Waals surface area contributed by atoms with Gasteiger partial charge < -0.3 is 37.9 Å². The van der Waals surface area contributed by atoms with Crippen LogP contribution in [0, 0.1) is 13.8 Å². The van der Waals surface area contributed by atoms with Gasteiger partial charge in [-0.05, 0) is 88.8 Å². The second-order valence-corrected chi connectivity index (χ2v) is 12.9. The number of hydrogen-bond donors (Lipinski definition) is 0. The van der Waals surface area contributed by atoms with Gasteiger partial charge in [0.05, 0.1) is 50.1 Å². The van der Waals surface area contributed by atoms with Crippen molar-refractivity contribution in [2.75, 3.05) is 53.9 Å². The standard InChI is InChI=1S/C22H22O6.2C11H20O2/c1-13-3-7-15(8-4-13)21(23)27-17-11-25-20-18(12-26-19(17)20)28-22(24)16-9-5-14(2)6-10-16;2*1-3-4-10-13-11-8-6-5-7-9-12-2/h3-10,17-20H,11-12H2,1-2H3;2*3-4,10H,1,5-9,11H2,2H3/t17-,18+,19?,20?;;. The molecule has 0 radical (unpaired) electrons. The lowest BCUT2D eigenvalue weighted by atomic mass is 10.1. The summed E-state index contributed by atoms with van der Waals surface area (Å²) >= 11 is 0. The van der Waals surface area contributed by atoms with Crippen molar-refractivity contribution in [3.63, 3.8) is 0 Å². The third-order valence-electron chi connectivity index (χ3n) is 8.40. The van der Waals surface area contributed by atoms with Crippen LogP contribution >= 0.6 is 0 Å². The Morgan fingerprint density at radius 3 is 1.28 bits per heavy atom. The average molecular weight is 751 g/mol. The lowest BCUT2D eigenvalue weighted by Crippen LogP contribution is -2.36. The summed E-state index contributed by atoms with van der Waals surface area (Å²) in [5, 5.41) is 0. The van der Waals surface area contributed by atoms with Gasteiger partial charge in [0.25, 0.3) is 0 Å². The highest BCUT2D eigenvalue weighted by molar-refractivity contribution is 5.90. The summed E-state index contributed by atoms with van der Waals surface area (Å²) in [6.07, 6.45) is 17.9. The SMILES string of the molecule is C=CC=COCCCCCCOC.C=CC=COCCCCCCOC.Cc1ccc(C(=O)O[C@H]2COC3C2OC[C@H]3OC(=O)c2ccc(C)cc2)cc1. The number of carbonyl (C=O) groups is 2. The molecule has 2 aliphatic rings. The maximum absolute atomic E-state index is 12.4. The third-order valence-corrected chi connectivity index (χ3v) is 8.40. The van der Waals surface area contributed by atoms with E-state index in [9.17, 15) is 9.59 Å². The number of esters is 2. The molecule has 0 bridgehead atoms. The van der Waals surface area contributed by atoms with Crippen LogP contribution in [0.2, 0.25) is 0 Å². The maximum Gasteiger partial charge on any atom is 0.338 e. The molecule has 0 N–H and O–H groups in total. The monoisotopic (exact) mass is 750 g/mol. The average Bonchev–Trinajstić information content (AvgIpc) is 3.77. The van der Waals surface area contributed by atoms with E-state index >= 15 is 0 Å². The molecular formula is C44H62O10. The van der Waals surface area contributed by atoms with Crippen molar-refractivity contribution < 1.29 is 47.5 Å². The Kier molecular flexibility index (Phi) is 24.8. The van der Waals surface area contributed by atoms with Gasteiger partial charge >= 0.3 is 11.9 Å². The second-order valence-electron chi connectivity index (χ2n) is 12.9. The number of aryl methyl sites for hydroxylation is 2. The quantitative estimate of drug-likeness (QED) is 0.0502. The molecule has 10 nitrogen and oxygen atoms in total. The van der Waals surface area contributed by atoms with E-state index in [2.05, 4.69) is 13.2 Å². The number of rotatable bonds is 22. The van der Waals surface area contributed by atoms with E-state index in [1.807, 2.05) is 38.1 Å². The molecule has 0 spiro atoms. The van der Waals surface area contributed by atoms with Crippen LogP contribution in [0.25, 0.3) is 0 Å². The van der Waals surface area contributed by atoms with E-state index < -0.39 is 36.4 Å². The van der Waals surface area contributed by atoms with Crippen molar-refractivity contribution in [2.24, 2.45) is 0 Å². The minimum Gasteiger partial charge on any atom is -0.501 e. The zero-order chi connectivity index (χ0) is 39.2. The Labute approximate surface area is 323 Å². The Bertz CT molecular complexity index is 1260. The molecule has 0 aromatic heterocycles. The van der Waals surface area contributed by atoms with Crippen LogP contribution in [0.4, 0.5) is 0 Å². The number of hydrogen-bond acceptors (Lipinski definition) is 10. The molecule has 2 aromatic rings. The van der Waals surface area contributed by atoms with Crippen LogP contribution in [0.15, 0.2) is 98.5 Å². The summed E-state index contributed by atoms with van der Waals surface area (Å²) in [5.74, 6) is -0.837. The lowest BCUT2D eigenvalue weighted by molar-refractivity contribution is -0.0287. The highest BCUT2D eigenvalue weighted by Gasteiger charge is 2.51. The normalized spacial score (nSPS) is 18.5. The molecule has 2 unspecified atom stereocenters. The van der Waals surface area contributed by atoms with Crippen molar-refractivity contribution in [3.8, 4) is 0 Å². The lowest BCUT2D eigenvalue weighted by Gasteiger charge is -2.17. The van der Waals surface area contributed by atoms with Crippen LogP contribution < -0.4 is 0 Å². The first-order valence-electron chi connectivity index (χ1n) is 18.9. The van der Waals surface area contributed by atoms with E-state index in [-0.39, 0.29) is 13.2 Å². The Hall–Kier alpha value is -4.22. The Morgan fingerprint density at radius 2 is 0.944 bits per heavy atom. The smallest absolute Gasteiger partial charge is 0.338 e. The number of benzene rings is 2. The summed E-state index contributed by atoms with van der Waals surface area (Å²) in [6.45, 7) is 14.8. The third kappa shape index (κ3) is 19.2. The molecule has 0 saturated carbocycles. The molecule has 2 aromatic carbocycles. The predicted octanol–water partition coefficient (Wildman–Crippen LogP) is 8.67. The molecule has 2 heterocycles. The second kappa shape index (κ2) is 29.2. The molecule has 2 saturated heterocycles. The van der Waals surface area contributed by atoms with Gasteiger partial charge in [-0.25, -0.2) is 9.59 Å². The van der Waals surface area contributed by atoms with Crippen LogP contribution in [-0.2, 0) is 37.9 Å². The molecule has 298 valence electrons. The first-order chi connectivity index (χ1) is 26.3. The molecule has 0 aliphatic carbocycles. The van der Waals surface area contributed by atoms with Crippen molar-refractivity contribution in [3.05, 3.63) is 121 Å². The number of methoxy groups -OCH3 is 2. The van der Waals surface area contributed by atoms with E-state index in [0.717, 1.165) is 63.2 Å². The van der Waals surface area contributed by atoms with Gasteiger partial charge in [0.1, 0.15) is 12.2 Å². The van der Waals surface area contributed by atoms with E-state index in [4.69, 9.17) is 37.9 Å². The van der Waals surface area contributed by atoms with E-state index in [1.54, 1.807) is 75.3 Å². The van der Waals surface area contributed by atoms with Crippen LogP contribution in [0.3, 0.4) is 0 Å². The summed E-state index contributed by atoms with van der Waals surface area (Å²) < 4.78 is 42.9. The van der Waals surface area contributed by atoms with E-state index in [1.165, 1.54) is 25.7 Å². The number of unbranched alkanes of at least 4 members (excludes halogenated alkanes) is 6. The van der Waals surface area contributed by atoms with E-state index in [0.29, 0.717) is 11.1 Å². The topological polar surface area (TPSA) is 108 Å². The van der Waals surface area contributed by atoms with Crippen LogP contribution in [-0.4, -0.2) is 90.2 Å². The molecule has 2 aliphatic heterocycles. The minimum atomic E-state index is -0.526. The predicted molar refractivity (Wildman–Crippen MR) is 212 cm³/mol. The zero-order valence-corrected chi connectivity index (χ0v) is 32.8. The van der Waals surface area contributed by atoms with Crippen molar-refractivity contribution in [1.82, 2.24) is 0 Å². The highest BCUT2D eigenvalue weighted by atomic mass is 16.7. The first kappa shape index (κ1) is 45.9. The molecule has 4 rings (SSSR count). The van der Waals surface area contributed by atoms with Crippen LogP contribution in [0.1, 0.15) is 83.2 Å². The zero-order valence-electron chi connectivity index (χ0n) is 32.8. The molecule has 4 atom stereocenters. The molecule has 54 heavy (non-hydrogen) atoms. The minimum absolute atomic E-state index is 0.214. The number of fused-ring (bicyclic) bond motifs is 1. The van der Waals surface area contributed by atoms with Gasteiger partial charge in [0.15, 0.2) is 12.2 Å². The number of allylic oxidation sites excluding steroid dienone is 4.